The number of amides is 2. The molecule has 27 heavy (non-hydrogen) atoms. The van der Waals surface area contributed by atoms with Gasteiger partial charge in [0.2, 0.25) is 0 Å². The average molecular weight is 375 g/mol. The molecule has 1 aromatic heterocycles. The first kappa shape index (κ1) is 20.1. The van der Waals surface area contributed by atoms with Crippen molar-refractivity contribution in [2.24, 2.45) is 5.92 Å². The van der Waals surface area contributed by atoms with Gasteiger partial charge in [0.25, 0.3) is 0 Å². The topological polar surface area (TPSA) is 68.7 Å². The molecule has 1 aliphatic heterocycles. The van der Waals surface area contributed by atoms with Crippen molar-refractivity contribution in [2.75, 3.05) is 32.8 Å². The lowest BCUT2D eigenvalue weighted by molar-refractivity contribution is 0.131. The van der Waals surface area contributed by atoms with Crippen molar-refractivity contribution in [1.29, 1.82) is 0 Å². The molecule has 2 amide bonds. The third-order valence-corrected chi connectivity index (χ3v) is 6.00. The van der Waals surface area contributed by atoms with E-state index < -0.39 is 0 Å². The minimum absolute atomic E-state index is 0.0366. The first-order valence-corrected chi connectivity index (χ1v) is 10.5. The Kier molecular flexibility index (Phi) is 7.90. The van der Waals surface area contributed by atoms with Crippen LogP contribution in [0.4, 0.5) is 4.79 Å². The minimum atomic E-state index is -0.0366. The third kappa shape index (κ3) is 6.18. The molecule has 2 aliphatic rings. The van der Waals surface area contributed by atoms with Crippen LogP contribution in [0.2, 0.25) is 0 Å². The third-order valence-electron chi connectivity index (χ3n) is 6.00. The lowest BCUT2D eigenvalue weighted by Gasteiger charge is -2.36. The molecule has 6 heteroatoms. The van der Waals surface area contributed by atoms with Crippen LogP contribution >= 0.6 is 0 Å². The van der Waals surface area contributed by atoms with Crippen molar-refractivity contribution in [2.45, 2.75) is 57.5 Å². The highest BCUT2D eigenvalue weighted by Gasteiger charge is 2.27. The van der Waals surface area contributed by atoms with E-state index in [1.54, 1.807) is 17.3 Å². The minimum Gasteiger partial charge on any atom is -0.396 e. The number of aliphatic hydroxyl groups is 1. The SMILES string of the molecule is O=C(NCC1CCN(C2CCCC2)CC1)N(CCCO)Cc1cccnc1. The first-order valence-electron chi connectivity index (χ1n) is 10.5. The summed E-state index contributed by atoms with van der Waals surface area (Å²) in [5.41, 5.74) is 1.01. The van der Waals surface area contributed by atoms with Gasteiger partial charge < -0.3 is 20.2 Å². The normalized spacial score (nSPS) is 19.3. The number of urea groups is 1. The van der Waals surface area contributed by atoms with Crippen LogP contribution in [-0.4, -0.2) is 64.7 Å². The molecule has 0 aromatic carbocycles. The zero-order valence-corrected chi connectivity index (χ0v) is 16.4. The zero-order chi connectivity index (χ0) is 18.9. The van der Waals surface area contributed by atoms with Crippen LogP contribution in [-0.2, 0) is 6.54 Å². The van der Waals surface area contributed by atoms with Crippen molar-refractivity contribution in [3.8, 4) is 0 Å². The Morgan fingerprint density at radius 1 is 1.26 bits per heavy atom. The molecule has 150 valence electrons. The van der Waals surface area contributed by atoms with E-state index in [2.05, 4.69) is 15.2 Å². The van der Waals surface area contributed by atoms with Gasteiger partial charge in [0.1, 0.15) is 0 Å². The summed E-state index contributed by atoms with van der Waals surface area (Å²) in [7, 11) is 0. The number of pyridine rings is 1. The number of hydrogen-bond acceptors (Lipinski definition) is 4. The van der Waals surface area contributed by atoms with E-state index in [9.17, 15) is 4.79 Å². The van der Waals surface area contributed by atoms with Crippen molar-refractivity contribution < 1.29 is 9.90 Å². The van der Waals surface area contributed by atoms with E-state index in [1.807, 2.05) is 12.1 Å². The molecule has 0 spiro atoms. The van der Waals surface area contributed by atoms with E-state index in [1.165, 1.54) is 51.6 Å². The number of carbonyl (C=O) groups excluding carboxylic acids is 1. The number of rotatable bonds is 8. The summed E-state index contributed by atoms with van der Waals surface area (Å²) in [4.78, 5) is 21.2. The summed E-state index contributed by atoms with van der Waals surface area (Å²) in [6, 6.07) is 4.64. The Labute approximate surface area is 163 Å². The van der Waals surface area contributed by atoms with Gasteiger partial charge in [-0.15, -0.1) is 0 Å². The van der Waals surface area contributed by atoms with E-state index in [-0.39, 0.29) is 12.6 Å². The van der Waals surface area contributed by atoms with Crippen molar-refractivity contribution in [3.05, 3.63) is 30.1 Å². The molecule has 3 rings (SSSR count). The Balaban J connectivity index is 1.43. The average Bonchev–Trinajstić information content (AvgIpc) is 3.25. The maximum atomic E-state index is 12.7. The number of piperidine rings is 1. The molecule has 1 aromatic rings. The fourth-order valence-corrected chi connectivity index (χ4v) is 4.36. The zero-order valence-electron chi connectivity index (χ0n) is 16.4. The Morgan fingerprint density at radius 2 is 2.04 bits per heavy atom. The summed E-state index contributed by atoms with van der Waals surface area (Å²) in [6.45, 7) is 4.28. The van der Waals surface area contributed by atoms with Gasteiger partial charge in [-0.3, -0.25) is 4.98 Å². The molecule has 6 nitrogen and oxygen atoms in total. The Hall–Kier alpha value is -1.66. The highest BCUT2D eigenvalue weighted by Crippen LogP contribution is 2.27. The number of nitrogens with zero attached hydrogens (tertiary/aromatic N) is 3. The summed E-state index contributed by atoms with van der Waals surface area (Å²) in [5, 5.41) is 12.3. The van der Waals surface area contributed by atoms with Crippen LogP contribution in [0.5, 0.6) is 0 Å². The second kappa shape index (κ2) is 10.6. The highest BCUT2D eigenvalue weighted by molar-refractivity contribution is 5.74. The first-order chi connectivity index (χ1) is 13.3. The molecular formula is C21H34N4O2. The van der Waals surface area contributed by atoms with E-state index in [0.29, 0.717) is 25.4 Å². The van der Waals surface area contributed by atoms with Gasteiger partial charge in [0.05, 0.1) is 0 Å². The molecule has 2 N–H and O–H groups in total. The lowest BCUT2D eigenvalue weighted by Crippen LogP contribution is -2.45. The van der Waals surface area contributed by atoms with Gasteiger partial charge in [-0.1, -0.05) is 18.9 Å². The van der Waals surface area contributed by atoms with E-state index in [0.717, 1.165) is 18.2 Å². The quantitative estimate of drug-likeness (QED) is 0.734. The second-order valence-electron chi connectivity index (χ2n) is 7.96. The molecule has 0 radical (unpaired) electrons. The molecule has 1 saturated heterocycles. The highest BCUT2D eigenvalue weighted by atomic mass is 16.3. The fourth-order valence-electron chi connectivity index (χ4n) is 4.36. The predicted octanol–water partition coefficient (Wildman–Crippen LogP) is 2.63. The van der Waals surface area contributed by atoms with Crippen molar-refractivity contribution >= 4 is 6.03 Å². The summed E-state index contributed by atoms with van der Waals surface area (Å²) in [5.74, 6) is 0.574. The monoisotopic (exact) mass is 374 g/mol. The van der Waals surface area contributed by atoms with Gasteiger partial charge in [-0.2, -0.15) is 0 Å². The number of aromatic nitrogens is 1. The second-order valence-corrected chi connectivity index (χ2v) is 7.96. The van der Waals surface area contributed by atoms with Crippen LogP contribution in [0.25, 0.3) is 0 Å². The largest absolute Gasteiger partial charge is 0.396 e. The van der Waals surface area contributed by atoms with Crippen molar-refractivity contribution in [1.82, 2.24) is 20.1 Å². The molecule has 2 heterocycles. The van der Waals surface area contributed by atoms with Crippen LogP contribution in [0.3, 0.4) is 0 Å². The van der Waals surface area contributed by atoms with Gasteiger partial charge >= 0.3 is 6.03 Å². The molecule has 0 atom stereocenters. The Morgan fingerprint density at radius 3 is 2.70 bits per heavy atom. The number of likely N-dealkylation sites (tertiary alicyclic amines) is 1. The van der Waals surface area contributed by atoms with Gasteiger partial charge in [0.15, 0.2) is 0 Å². The van der Waals surface area contributed by atoms with Gasteiger partial charge in [-0.25, -0.2) is 4.79 Å². The molecule has 1 aliphatic carbocycles. The standard InChI is InChI=1S/C21H34N4O2/c26-14-4-11-25(17-19-5-3-10-22-15-19)21(27)23-16-18-8-12-24(13-9-18)20-6-1-2-7-20/h3,5,10,15,18,20,26H,1-2,4,6-9,11-14,16-17H2,(H,23,27). The van der Waals surface area contributed by atoms with Gasteiger partial charge in [-0.05, 0) is 62.7 Å². The number of aliphatic hydroxyl groups excluding tert-OH is 1. The maximum absolute atomic E-state index is 12.7. The Bertz CT molecular complexity index is 555. The number of hydrogen-bond donors (Lipinski definition) is 2. The summed E-state index contributed by atoms with van der Waals surface area (Å²) < 4.78 is 0. The van der Waals surface area contributed by atoms with E-state index in [4.69, 9.17) is 5.11 Å². The van der Waals surface area contributed by atoms with Crippen molar-refractivity contribution in [3.63, 3.8) is 0 Å². The molecule has 1 saturated carbocycles. The summed E-state index contributed by atoms with van der Waals surface area (Å²) >= 11 is 0. The molecular weight excluding hydrogens is 340 g/mol. The predicted molar refractivity (Wildman–Crippen MR) is 106 cm³/mol. The lowest BCUT2D eigenvalue weighted by atomic mass is 9.95. The number of carbonyl (C=O) groups is 1. The molecule has 0 unspecified atom stereocenters. The fraction of sp³-hybridized carbons (Fsp3) is 0.714. The number of nitrogens with one attached hydrogen (secondary N) is 1. The smallest absolute Gasteiger partial charge is 0.317 e. The molecule has 2 fully saturated rings. The maximum Gasteiger partial charge on any atom is 0.317 e. The molecule has 0 bridgehead atoms. The van der Waals surface area contributed by atoms with Crippen LogP contribution in [0, 0.1) is 5.92 Å². The van der Waals surface area contributed by atoms with Gasteiger partial charge in [0, 0.05) is 44.7 Å². The van der Waals surface area contributed by atoms with E-state index >= 15 is 0 Å². The summed E-state index contributed by atoms with van der Waals surface area (Å²) in [6.07, 6.45) is 12.0. The van der Waals surface area contributed by atoms with Crippen LogP contribution in [0.15, 0.2) is 24.5 Å². The van der Waals surface area contributed by atoms with Crippen LogP contribution in [0.1, 0.15) is 50.5 Å². The van der Waals surface area contributed by atoms with Crippen LogP contribution < -0.4 is 5.32 Å².